The van der Waals surface area contributed by atoms with Crippen molar-refractivity contribution in [3.8, 4) is 0 Å². The number of thioether (sulfide) groups is 1. The van der Waals surface area contributed by atoms with Crippen molar-refractivity contribution in [1.29, 1.82) is 0 Å². The third kappa shape index (κ3) is 3.42. The fraction of sp³-hybridized carbons (Fsp3) is 0.500. The quantitative estimate of drug-likeness (QED) is 0.674. The lowest BCUT2D eigenvalue weighted by Crippen LogP contribution is -2.42. The van der Waals surface area contributed by atoms with E-state index in [0.29, 0.717) is 11.8 Å². The van der Waals surface area contributed by atoms with E-state index in [1.807, 2.05) is 29.2 Å². The van der Waals surface area contributed by atoms with Gasteiger partial charge < -0.3 is 10.6 Å². The number of carbonyl (C=O) groups excluding carboxylic acids is 1. The second-order valence-electron chi connectivity index (χ2n) is 4.79. The second-order valence-corrected chi connectivity index (χ2v) is 5.84. The van der Waals surface area contributed by atoms with Crippen molar-refractivity contribution in [2.75, 3.05) is 18.0 Å². The van der Waals surface area contributed by atoms with Gasteiger partial charge in [0, 0.05) is 23.2 Å². The number of anilines is 1. The summed E-state index contributed by atoms with van der Waals surface area (Å²) in [7, 11) is 0. The van der Waals surface area contributed by atoms with Gasteiger partial charge >= 0.3 is 0 Å². The lowest BCUT2D eigenvalue weighted by Gasteiger charge is -2.33. The molecule has 4 heteroatoms. The van der Waals surface area contributed by atoms with Crippen LogP contribution in [0.4, 0.5) is 5.69 Å². The van der Waals surface area contributed by atoms with Crippen molar-refractivity contribution < 1.29 is 4.79 Å². The predicted molar refractivity (Wildman–Crippen MR) is 76.6 cm³/mol. The molecular formula is C14H20N2OS. The molecule has 1 unspecified atom stereocenters. The molecule has 0 aliphatic carbocycles. The van der Waals surface area contributed by atoms with E-state index in [9.17, 15) is 4.79 Å². The average molecular weight is 264 g/mol. The van der Waals surface area contributed by atoms with Crippen LogP contribution in [0.25, 0.3) is 0 Å². The number of nitrogen functional groups attached to an aromatic ring is 1. The summed E-state index contributed by atoms with van der Waals surface area (Å²) in [5, 5.41) is 0. The van der Waals surface area contributed by atoms with Crippen molar-refractivity contribution >= 4 is 23.4 Å². The molecule has 18 heavy (non-hydrogen) atoms. The number of piperidine rings is 1. The Morgan fingerprint density at radius 3 is 2.78 bits per heavy atom. The lowest BCUT2D eigenvalue weighted by molar-refractivity contribution is -0.131. The molecule has 0 aromatic heterocycles. The molecule has 0 saturated carbocycles. The highest BCUT2D eigenvalue weighted by atomic mass is 32.2. The number of rotatable bonds is 3. The van der Waals surface area contributed by atoms with Crippen LogP contribution in [-0.4, -0.2) is 29.1 Å². The minimum Gasteiger partial charge on any atom is -0.399 e. The molecule has 1 aromatic rings. The summed E-state index contributed by atoms with van der Waals surface area (Å²) in [4.78, 5) is 15.3. The zero-order valence-corrected chi connectivity index (χ0v) is 11.6. The molecule has 1 saturated heterocycles. The van der Waals surface area contributed by atoms with E-state index < -0.39 is 0 Å². The van der Waals surface area contributed by atoms with Crippen molar-refractivity contribution in [3.05, 3.63) is 24.3 Å². The maximum absolute atomic E-state index is 12.1. The van der Waals surface area contributed by atoms with Crippen LogP contribution >= 0.6 is 11.8 Å². The summed E-state index contributed by atoms with van der Waals surface area (Å²) in [5.41, 5.74) is 6.39. The van der Waals surface area contributed by atoms with Gasteiger partial charge in [0.15, 0.2) is 0 Å². The minimum atomic E-state index is 0.254. The van der Waals surface area contributed by atoms with Crippen LogP contribution in [0, 0.1) is 0 Å². The third-order valence-corrected chi connectivity index (χ3v) is 4.36. The Labute approximate surface area is 113 Å². The zero-order chi connectivity index (χ0) is 13.0. The number of nitrogens with two attached hydrogens (primary N) is 1. The summed E-state index contributed by atoms with van der Waals surface area (Å²) in [6, 6.07) is 8.07. The van der Waals surface area contributed by atoms with Crippen LogP contribution in [0.5, 0.6) is 0 Å². The summed E-state index contributed by atoms with van der Waals surface area (Å²) < 4.78 is 0. The van der Waals surface area contributed by atoms with Gasteiger partial charge in [-0.3, -0.25) is 4.79 Å². The zero-order valence-electron chi connectivity index (χ0n) is 10.8. The van der Waals surface area contributed by atoms with Gasteiger partial charge in [-0.2, -0.15) is 0 Å². The molecule has 1 fully saturated rings. The molecule has 1 aliphatic rings. The Morgan fingerprint density at radius 2 is 2.11 bits per heavy atom. The first-order valence-electron chi connectivity index (χ1n) is 6.44. The van der Waals surface area contributed by atoms with Gasteiger partial charge in [-0.1, -0.05) is 0 Å². The standard InChI is InChI=1S/C14H20N2OS/c1-11-4-2-3-9-16(11)14(17)10-18-13-7-5-12(15)6-8-13/h5-8,11H,2-4,9-10,15H2,1H3. The first kappa shape index (κ1) is 13.3. The minimum absolute atomic E-state index is 0.254. The number of benzene rings is 1. The first-order chi connectivity index (χ1) is 8.66. The lowest BCUT2D eigenvalue weighted by atomic mass is 10.0. The number of likely N-dealkylation sites (tertiary alicyclic amines) is 1. The molecule has 1 aromatic carbocycles. The second kappa shape index (κ2) is 6.14. The Kier molecular flexibility index (Phi) is 4.53. The fourth-order valence-electron chi connectivity index (χ4n) is 2.26. The number of amides is 1. The Hall–Kier alpha value is -1.16. The molecule has 0 spiro atoms. The fourth-order valence-corrected chi connectivity index (χ4v) is 3.05. The van der Waals surface area contributed by atoms with Crippen LogP contribution in [-0.2, 0) is 4.79 Å². The smallest absolute Gasteiger partial charge is 0.233 e. The van der Waals surface area contributed by atoms with E-state index in [0.717, 1.165) is 30.0 Å². The average Bonchev–Trinajstić information content (AvgIpc) is 2.38. The normalized spacial score (nSPS) is 19.8. The van der Waals surface area contributed by atoms with E-state index in [4.69, 9.17) is 5.73 Å². The predicted octanol–water partition coefficient (Wildman–Crippen LogP) is 2.76. The van der Waals surface area contributed by atoms with E-state index in [-0.39, 0.29) is 5.91 Å². The molecule has 3 nitrogen and oxygen atoms in total. The highest BCUT2D eigenvalue weighted by molar-refractivity contribution is 8.00. The monoisotopic (exact) mass is 264 g/mol. The first-order valence-corrected chi connectivity index (χ1v) is 7.43. The van der Waals surface area contributed by atoms with Gasteiger partial charge in [0.1, 0.15) is 0 Å². The molecule has 1 atom stereocenters. The maximum atomic E-state index is 12.1. The van der Waals surface area contributed by atoms with Gasteiger partial charge in [-0.25, -0.2) is 0 Å². The number of hydrogen-bond acceptors (Lipinski definition) is 3. The number of hydrogen-bond donors (Lipinski definition) is 1. The van der Waals surface area contributed by atoms with Crippen molar-refractivity contribution in [3.63, 3.8) is 0 Å². The van der Waals surface area contributed by atoms with Crippen LogP contribution < -0.4 is 5.73 Å². The highest BCUT2D eigenvalue weighted by Crippen LogP contribution is 2.22. The SMILES string of the molecule is CC1CCCCN1C(=O)CSc1ccc(N)cc1. The Bertz CT molecular complexity index is 405. The van der Waals surface area contributed by atoms with Gasteiger partial charge in [0.05, 0.1) is 5.75 Å². The number of nitrogens with zero attached hydrogens (tertiary/aromatic N) is 1. The van der Waals surface area contributed by atoms with Crippen molar-refractivity contribution in [1.82, 2.24) is 4.90 Å². The highest BCUT2D eigenvalue weighted by Gasteiger charge is 2.22. The van der Waals surface area contributed by atoms with Gasteiger partial charge in [0.2, 0.25) is 5.91 Å². The molecular weight excluding hydrogens is 244 g/mol. The maximum Gasteiger partial charge on any atom is 0.233 e. The molecule has 1 aliphatic heterocycles. The van der Waals surface area contributed by atoms with E-state index in [2.05, 4.69) is 6.92 Å². The van der Waals surface area contributed by atoms with Crippen LogP contribution in [0.3, 0.4) is 0 Å². The van der Waals surface area contributed by atoms with E-state index in [1.54, 1.807) is 11.8 Å². The molecule has 98 valence electrons. The van der Waals surface area contributed by atoms with Crippen LogP contribution in [0.1, 0.15) is 26.2 Å². The Morgan fingerprint density at radius 1 is 1.39 bits per heavy atom. The Balaban J connectivity index is 1.85. The molecule has 1 heterocycles. The molecule has 0 bridgehead atoms. The largest absolute Gasteiger partial charge is 0.399 e. The summed E-state index contributed by atoms with van der Waals surface area (Å²) in [6.45, 7) is 3.06. The van der Waals surface area contributed by atoms with Crippen LogP contribution in [0.15, 0.2) is 29.2 Å². The molecule has 0 radical (unpaired) electrons. The third-order valence-electron chi connectivity index (χ3n) is 3.37. The van der Waals surface area contributed by atoms with Crippen LogP contribution in [0.2, 0.25) is 0 Å². The van der Waals surface area contributed by atoms with Gasteiger partial charge in [0.25, 0.3) is 0 Å². The van der Waals surface area contributed by atoms with Crippen molar-refractivity contribution in [2.24, 2.45) is 0 Å². The topological polar surface area (TPSA) is 46.3 Å². The summed E-state index contributed by atoms with van der Waals surface area (Å²) >= 11 is 1.59. The molecule has 2 N–H and O–H groups in total. The van der Waals surface area contributed by atoms with E-state index in [1.165, 1.54) is 6.42 Å². The summed E-state index contributed by atoms with van der Waals surface area (Å²) in [5.74, 6) is 0.776. The van der Waals surface area contributed by atoms with Gasteiger partial charge in [-0.15, -0.1) is 11.8 Å². The van der Waals surface area contributed by atoms with Crippen molar-refractivity contribution in [2.45, 2.75) is 37.1 Å². The van der Waals surface area contributed by atoms with Gasteiger partial charge in [-0.05, 0) is 50.5 Å². The molecule has 2 rings (SSSR count). The molecule has 1 amide bonds. The summed E-state index contributed by atoms with van der Waals surface area (Å²) in [6.07, 6.45) is 3.52. The van der Waals surface area contributed by atoms with E-state index >= 15 is 0 Å². The number of carbonyl (C=O) groups is 1.